The second-order valence-electron chi connectivity index (χ2n) is 10.4. The summed E-state index contributed by atoms with van der Waals surface area (Å²) >= 11 is 1.16. The quantitative estimate of drug-likeness (QED) is 0.494. The first-order valence-corrected chi connectivity index (χ1v) is 12.8. The third-order valence-electron chi connectivity index (χ3n) is 8.10. The molecule has 5 nitrogen and oxygen atoms in total. The first kappa shape index (κ1) is 21.9. The summed E-state index contributed by atoms with van der Waals surface area (Å²) in [5.74, 6) is 2.04. The standard InChI is InChI=1S/C25H31FN2O3S/c1-16(29)20-2-3-22(21(26)11-20)32-15-23(30)27-4-6-28(7-5-27)24(31)25-12-17-8-18(13-25)10-19(9-17)14-25/h2-3,11,17-19H,4-10,12-15H2,1H3. The zero-order valence-corrected chi connectivity index (χ0v) is 19.5. The Kier molecular flexibility index (Phi) is 5.81. The molecule has 1 aliphatic heterocycles. The summed E-state index contributed by atoms with van der Waals surface area (Å²) in [7, 11) is 0. The van der Waals surface area contributed by atoms with E-state index in [2.05, 4.69) is 0 Å². The molecule has 0 atom stereocenters. The van der Waals surface area contributed by atoms with Gasteiger partial charge in [0, 0.05) is 36.6 Å². The Morgan fingerprint density at radius 3 is 2.06 bits per heavy atom. The van der Waals surface area contributed by atoms with Crippen LogP contribution in [0.5, 0.6) is 0 Å². The van der Waals surface area contributed by atoms with E-state index in [0.717, 1.165) is 48.8 Å². The van der Waals surface area contributed by atoms with Crippen molar-refractivity contribution in [2.75, 3.05) is 31.9 Å². The molecule has 6 rings (SSSR count). The lowest BCUT2D eigenvalue weighted by Gasteiger charge is -2.57. The van der Waals surface area contributed by atoms with E-state index in [4.69, 9.17) is 0 Å². The number of ketones is 1. The summed E-state index contributed by atoms with van der Waals surface area (Å²) in [5.41, 5.74) is 0.207. The van der Waals surface area contributed by atoms with Gasteiger partial charge in [-0.3, -0.25) is 14.4 Å². The fourth-order valence-electron chi connectivity index (χ4n) is 6.93. The van der Waals surface area contributed by atoms with Crippen LogP contribution < -0.4 is 0 Å². The maximum absolute atomic E-state index is 14.2. The smallest absolute Gasteiger partial charge is 0.233 e. The van der Waals surface area contributed by atoms with E-state index < -0.39 is 5.82 Å². The molecule has 2 amide bonds. The molecule has 1 saturated heterocycles. The number of amides is 2. The zero-order valence-electron chi connectivity index (χ0n) is 18.6. The number of thioether (sulfide) groups is 1. The molecule has 0 N–H and O–H groups in total. The maximum Gasteiger partial charge on any atom is 0.233 e. The minimum absolute atomic E-state index is 0.0352. The van der Waals surface area contributed by atoms with E-state index >= 15 is 0 Å². The summed E-state index contributed by atoms with van der Waals surface area (Å²) in [5, 5.41) is 0. The average Bonchev–Trinajstić information content (AvgIpc) is 2.76. The van der Waals surface area contributed by atoms with Gasteiger partial charge in [0.25, 0.3) is 0 Å². The van der Waals surface area contributed by atoms with E-state index in [0.29, 0.717) is 42.5 Å². The van der Waals surface area contributed by atoms with E-state index in [1.54, 1.807) is 17.0 Å². The summed E-state index contributed by atoms with van der Waals surface area (Å²) in [6.07, 6.45) is 7.18. The van der Waals surface area contributed by atoms with Gasteiger partial charge in [0.15, 0.2) is 5.78 Å². The first-order valence-electron chi connectivity index (χ1n) is 11.8. The van der Waals surface area contributed by atoms with Crippen LogP contribution in [0.2, 0.25) is 0 Å². The lowest BCUT2D eigenvalue weighted by Crippen LogP contribution is -2.58. The van der Waals surface area contributed by atoms with Gasteiger partial charge in [0.1, 0.15) is 5.82 Å². The first-order chi connectivity index (χ1) is 15.3. The minimum atomic E-state index is -0.471. The summed E-state index contributed by atoms with van der Waals surface area (Å²) in [6.45, 7) is 3.68. The van der Waals surface area contributed by atoms with Gasteiger partial charge in [-0.2, -0.15) is 0 Å². The highest BCUT2D eigenvalue weighted by Crippen LogP contribution is 2.60. The Morgan fingerprint density at radius 2 is 1.53 bits per heavy atom. The number of rotatable bonds is 5. The minimum Gasteiger partial charge on any atom is -0.339 e. The fraction of sp³-hybridized carbons (Fsp3) is 0.640. The molecular weight excluding hydrogens is 427 g/mol. The van der Waals surface area contributed by atoms with Crippen molar-refractivity contribution < 1.29 is 18.8 Å². The van der Waals surface area contributed by atoms with Crippen LogP contribution in [0.15, 0.2) is 23.1 Å². The monoisotopic (exact) mass is 458 g/mol. The van der Waals surface area contributed by atoms with Crippen molar-refractivity contribution >= 4 is 29.4 Å². The van der Waals surface area contributed by atoms with Crippen LogP contribution in [0.4, 0.5) is 4.39 Å². The molecule has 32 heavy (non-hydrogen) atoms. The predicted molar refractivity (Wildman–Crippen MR) is 121 cm³/mol. The van der Waals surface area contributed by atoms with Crippen molar-refractivity contribution in [3.05, 3.63) is 29.6 Å². The van der Waals surface area contributed by atoms with Gasteiger partial charge >= 0.3 is 0 Å². The van der Waals surface area contributed by atoms with Gasteiger partial charge in [-0.15, -0.1) is 11.8 Å². The third kappa shape index (κ3) is 4.09. The Balaban J connectivity index is 1.14. The highest BCUT2D eigenvalue weighted by Gasteiger charge is 2.55. The number of carbonyl (C=O) groups excluding carboxylic acids is 3. The van der Waals surface area contributed by atoms with E-state index in [-0.39, 0.29) is 22.9 Å². The van der Waals surface area contributed by atoms with E-state index in [9.17, 15) is 18.8 Å². The summed E-state index contributed by atoms with van der Waals surface area (Å²) < 4.78 is 14.2. The molecular formula is C25H31FN2O3S. The van der Waals surface area contributed by atoms with Crippen LogP contribution in [-0.2, 0) is 9.59 Å². The van der Waals surface area contributed by atoms with Crippen molar-refractivity contribution in [2.45, 2.75) is 50.3 Å². The number of Topliss-reactive ketones (excluding diaryl/α,β-unsaturated/α-hetero) is 1. The highest BCUT2D eigenvalue weighted by atomic mass is 32.2. The van der Waals surface area contributed by atoms with Gasteiger partial charge in [0.05, 0.1) is 11.2 Å². The number of piperazine rings is 1. The molecule has 4 bridgehead atoms. The Hall–Kier alpha value is -1.89. The molecule has 4 aliphatic carbocycles. The van der Waals surface area contributed by atoms with Crippen LogP contribution in [0.25, 0.3) is 0 Å². The lowest BCUT2D eigenvalue weighted by atomic mass is 9.49. The van der Waals surface area contributed by atoms with Crippen molar-refractivity contribution in [1.82, 2.24) is 9.80 Å². The predicted octanol–water partition coefficient (Wildman–Crippen LogP) is 4.01. The number of hydrogen-bond donors (Lipinski definition) is 0. The van der Waals surface area contributed by atoms with Crippen molar-refractivity contribution in [1.29, 1.82) is 0 Å². The Morgan fingerprint density at radius 1 is 0.969 bits per heavy atom. The van der Waals surface area contributed by atoms with Gasteiger partial charge in [-0.1, -0.05) is 6.07 Å². The summed E-state index contributed by atoms with van der Waals surface area (Å²) in [6, 6.07) is 4.38. The molecule has 0 unspecified atom stereocenters. The van der Waals surface area contributed by atoms with Crippen molar-refractivity contribution in [2.24, 2.45) is 23.2 Å². The fourth-order valence-corrected chi connectivity index (χ4v) is 7.76. The number of nitrogens with zero attached hydrogens (tertiary/aromatic N) is 2. The van der Waals surface area contributed by atoms with Crippen LogP contribution >= 0.6 is 11.8 Å². The molecule has 4 saturated carbocycles. The lowest BCUT2D eigenvalue weighted by molar-refractivity contribution is -0.160. The third-order valence-corrected chi connectivity index (χ3v) is 9.13. The largest absolute Gasteiger partial charge is 0.339 e. The number of halogens is 1. The van der Waals surface area contributed by atoms with Crippen LogP contribution in [0, 0.1) is 29.0 Å². The molecule has 7 heteroatoms. The second kappa shape index (κ2) is 8.47. The van der Waals surface area contributed by atoms with Gasteiger partial charge in [0.2, 0.25) is 11.8 Å². The van der Waals surface area contributed by atoms with E-state index in [1.165, 1.54) is 32.3 Å². The van der Waals surface area contributed by atoms with Crippen molar-refractivity contribution in [3.8, 4) is 0 Å². The van der Waals surface area contributed by atoms with Gasteiger partial charge < -0.3 is 9.80 Å². The van der Waals surface area contributed by atoms with Crippen molar-refractivity contribution in [3.63, 3.8) is 0 Å². The molecule has 1 aromatic carbocycles. The van der Waals surface area contributed by atoms with Crippen LogP contribution in [0.1, 0.15) is 55.8 Å². The molecule has 0 spiro atoms. The van der Waals surface area contributed by atoms with Crippen LogP contribution in [0.3, 0.4) is 0 Å². The number of carbonyl (C=O) groups is 3. The Labute approximate surface area is 193 Å². The average molecular weight is 459 g/mol. The zero-order chi connectivity index (χ0) is 22.5. The molecule has 1 aromatic rings. The second-order valence-corrected chi connectivity index (χ2v) is 11.4. The molecule has 5 aliphatic rings. The number of benzene rings is 1. The Bertz CT molecular complexity index is 906. The molecule has 0 radical (unpaired) electrons. The molecule has 0 aromatic heterocycles. The highest BCUT2D eigenvalue weighted by molar-refractivity contribution is 8.00. The topological polar surface area (TPSA) is 57.7 Å². The molecule has 1 heterocycles. The number of hydrogen-bond acceptors (Lipinski definition) is 4. The maximum atomic E-state index is 14.2. The molecule has 172 valence electrons. The van der Waals surface area contributed by atoms with Crippen LogP contribution in [-0.4, -0.2) is 59.3 Å². The van der Waals surface area contributed by atoms with E-state index in [1.807, 2.05) is 4.90 Å². The van der Waals surface area contributed by atoms with Gasteiger partial charge in [-0.25, -0.2) is 4.39 Å². The SMILES string of the molecule is CC(=O)c1ccc(SCC(=O)N2CCN(C(=O)C34CC5CC(CC(C5)C3)C4)CC2)c(F)c1. The van der Waals surface area contributed by atoms with Gasteiger partial charge in [-0.05, 0) is 75.3 Å². The summed E-state index contributed by atoms with van der Waals surface area (Å²) in [4.78, 5) is 41.7. The normalized spacial score (nSPS) is 31.1. The molecule has 5 fully saturated rings.